The Kier molecular flexibility index (Phi) is 20.8. The molecule has 6 aromatic carbocycles. The van der Waals surface area contributed by atoms with Crippen molar-refractivity contribution in [1.29, 1.82) is 0 Å². The summed E-state index contributed by atoms with van der Waals surface area (Å²) in [6.45, 7) is 9.20. The van der Waals surface area contributed by atoms with Crippen molar-refractivity contribution in [2.45, 2.75) is 116 Å². The van der Waals surface area contributed by atoms with Gasteiger partial charge in [-0.3, -0.25) is 4.79 Å². The van der Waals surface area contributed by atoms with Crippen molar-refractivity contribution < 1.29 is 46.2 Å². The summed E-state index contributed by atoms with van der Waals surface area (Å²) in [6.07, 6.45) is 7.01. The first-order valence-electron chi connectivity index (χ1n) is 28.3. The molecule has 1 aliphatic carbocycles. The van der Waals surface area contributed by atoms with Gasteiger partial charge >= 0.3 is 11.9 Å². The number of hydrogen-bond acceptors (Lipinski definition) is 10. The first-order chi connectivity index (χ1) is 39.5. The van der Waals surface area contributed by atoms with E-state index in [1.54, 1.807) is 49.3 Å². The van der Waals surface area contributed by atoms with Gasteiger partial charge in [-0.1, -0.05) is 51.1 Å². The number of amides is 1. The number of nitrogens with zero attached hydrogens (tertiary/aromatic N) is 2. The minimum absolute atomic E-state index is 0.00302. The van der Waals surface area contributed by atoms with Crippen LogP contribution in [0.2, 0.25) is 0 Å². The highest BCUT2D eigenvalue weighted by atomic mass is 19.1. The van der Waals surface area contributed by atoms with E-state index in [4.69, 9.17) is 19.9 Å². The molecule has 1 amide bonds. The summed E-state index contributed by atoms with van der Waals surface area (Å²) in [6, 6.07) is 32.7. The van der Waals surface area contributed by atoms with E-state index in [2.05, 4.69) is 28.9 Å². The molecule has 0 spiro atoms. The molecule has 1 heterocycles. The summed E-state index contributed by atoms with van der Waals surface area (Å²) in [5.74, 6) is -4.31. The lowest BCUT2D eigenvalue weighted by Crippen LogP contribution is -2.52. The van der Waals surface area contributed by atoms with Crippen molar-refractivity contribution in [3.63, 3.8) is 0 Å². The summed E-state index contributed by atoms with van der Waals surface area (Å²) < 4.78 is 79.9. The molecule has 432 valence electrons. The Morgan fingerprint density at radius 3 is 2.12 bits per heavy atom. The zero-order chi connectivity index (χ0) is 58.3. The predicted molar refractivity (Wildman–Crippen MR) is 311 cm³/mol. The number of nitrogens with two attached hydrogens (primary N) is 1. The molecule has 82 heavy (non-hydrogen) atoms. The summed E-state index contributed by atoms with van der Waals surface area (Å²) in [4.78, 5) is 46.3. The fourth-order valence-electron chi connectivity index (χ4n) is 10.8. The molecule has 0 bridgehead atoms. The van der Waals surface area contributed by atoms with Crippen molar-refractivity contribution in [3.05, 3.63) is 219 Å². The van der Waals surface area contributed by atoms with E-state index in [1.165, 1.54) is 30.3 Å². The quantitative estimate of drug-likeness (QED) is 0.0223. The van der Waals surface area contributed by atoms with Crippen LogP contribution in [0.1, 0.15) is 129 Å². The van der Waals surface area contributed by atoms with Gasteiger partial charge in [0.25, 0.3) is 5.91 Å². The predicted octanol–water partition coefficient (Wildman–Crippen LogP) is 12.3. The van der Waals surface area contributed by atoms with Gasteiger partial charge in [-0.15, -0.1) is 0 Å². The van der Waals surface area contributed by atoms with Gasteiger partial charge in [0.1, 0.15) is 35.1 Å². The lowest BCUT2D eigenvalue weighted by Gasteiger charge is -2.38. The molecule has 0 saturated carbocycles. The van der Waals surface area contributed by atoms with Crippen LogP contribution in [0.25, 0.3) is 5.69 Å². The smallest absolute Gasteiger partial charge is 0.340 e. The van der Waals surface area contributed by atoms with Gasteiger partial charge in [-0.2, -0.15) is 0 Å². The molecule has 1 aromatic heterocycles. The van der Waals surface area contributed by atoms with Crippen LogP contribution in [0.4, 0.5) is 23.2 Å². The molecule has 7 aromatic rings. The van der Waals surface area contributed by atoms with Crippen molar-refractivity contribution in [1.82, 2.24) is 20.1 Å². The van der Waals surface area contributed by atoms with Gasteiger partial charge < -0.3 is 45.4 Å². The minimum Gasteiger partial charge on any atom is -0.497 e. The molecule has 16 heteroatoms. The largest absolute Gasteiger partial charge is 0.497 e. The Labute approximate surface area is 478 Å². The van der Waals surface area contributed by atoms with Crippen LogP contribution < -0.4 is 26.4 Å². The SMILES string of the molecule is CCCN(CCC)C(=O)c1cc(C)cc(C(=O)OC(CCc2cc(F)cc(F)c2)(CNC2CCCc3cc(OC)ccc32)Nc2cc(-n3cccc3)ccc2C(=O)O[C@H](CNCc2cccc(CC)c2)[C@@H](N)Cc2cc(F)cc(F)c2)c1. The molecule has 2 unspecified atom stereocenters. The Balaban J connectivity index is 1.23. The van der Waals surface area contributed by atoms with E-state index < -0.39 is 53.1 Å². The van der Waals surface area contributed by atoms with E-state index in [0.29, 0.717) is 48.6 Å². The van der Waals surface area contributed by atoms with Gasteiger partial charge in [-0.05, 0) is 182 Å². The highest BCUT2D eigenvalue weighted by Crippen LogP contribution is 2.35. The topological polar surface area (TPSA) is 149 Å². The number of carbonyl (C=O) groups is 3. The van der Waals surface area contributed by atoms with Crippen LogP contribution in [0.15, 0.2) is 140 Å². The highest BCUT2D eigenvalue weighted by Gasteiger charge is 2.39. The second-order valence-electron chi connectivity index (χ2n) is 21.3. The van der Waals surface area contributed by atoms with Gasteiger partial charge in [-0.25, -0.2) is 27.2 Å². The maximum absolute atomic E-state index is 15.2. The van der Waals surface area contributed by atoms with E-state index >= 15 is 18.4 Å². The van der Waals surface area contributed by atoms with Crippen LogP contribution in [0.5, 0.6) is 5.75 Å². The van der Waals surface area contributed by atoms with Crippen molar-refractivity contribution in [2.24, 2.45) is 5.73 Å². The third-order valence-corrected chi connectivity index (χ3v) is 14.9. The minimum atomic E-state index is -1.84. The number of hydrogen-bond donors (Lipinski definition) is 4. The molecule has 0 saturated heterocycles. The number of aromatic nitrogens is 1. The monoisotopic (exact) mass is 1120 g/mol. The van der Waals surface area contributed by atoms with Crippen LogP contribution in [0, 0.1) is 30.2 Å². The number of aryl methyl sites for hydroxylation is 4. The summed E-state index contributed by atoms with van der Waals surface area (Å²) >= 11 is 0. The molecular weight excluding hydrogens is 1050 g/mol. The number of benzene rings is 6. The van der Waals surface area contributed by atoms with Crippen molar-refractivity contribution in [3.8, 4) is 11.4 Å². The molecule has 12 nitrogen and oxygen atoms in total. The average Bonchev–Trinajstić information content (AvgIpc) is 3.96. The van der Waals surface area contributed by atoms with Crippen LogP contribution >= 0.6 is 0 Å². The van der Waals surface area contributed by atoms with E-state index in [9.17, 15) is 13.6 Å². The number of ether oxygens (including phenoxy) is 3. The molecule has 4 atom stereocenters. The molecule has 5 N–H and O–H groups in total. The summed E-state index contributed by atoms with van der Waals surface area (Å²) in [5, 5.41) is 10.6. The van der Waals surface area contributed by atoms with E-state index in [-0.39, 0.29) is 72.2 Å². The fourth-order valence-corrected chi connectivity index (χ4v) is 10.8. The van der Waals surface area contributed by atoms with Crippen molar-refractivity contribution >= 4 is 23.5 Å². The normalized spacial score (nSPS) is 14.5. The lowest BCUT2D eigenvalue weighted by molar-refractivity contribution is -0.00962. The van der Waals surface area contributed by atoms with Crippen molar-refractivity contribution in [2.75, 3.05) is 38.6 Å². The lowest BCUT2D eigenvalue weighted by atomic mass is 9.87. The Morgan fingerprint density at radius 2 is 1.44 bits per heavy atom. The summed E-state index contributed by atoms with van der Waals surface area (Å²) in [7, 11) is 1.61. The van der Waals surface area contributed by atoms with Gasteiger partial charge in [0.05, 0.1) is 30.5 Å². The number of anilines is 1. The van der Waals surface area contributed by atoms with E-state index in [0.717, 1.165) is 66.5 Å². The number of rotatable bonds is 27. The van der Waals surface area contributed by atoms with Gasteiger partial charge in [0, 0.05) is 80.5 Å². The number of carbonyl (C=O) groups excluding carboxylic acids is 3. The molecule has 0 radical (unpaired) electrons. The van der Waals surface area contributed by atoms with Gasteiger partial charge in [0.2, 0.25) is 0 Å². The standard InChI is InChI=1S/C66H74F4N6O6/c1-6-23-76(24-7-2)63(77)49-27-43(4)28-50(35-49)64(78)82-66(22-21-45-30-51(67)37-52(68)31-45,42-73-60-16-12-15-48-36-56(80-5)18-20-57(48)60)74-61-39-55(75-25-9-10-26-75)17-19-58(61)65(79)81-62(41-72-40-46-14-11-13-44(8-3)29-46)59(71)34-47-32-53(69)38-54(70)33-47/h9-11,13-14,17-20,25-33,35-39,59-60,62,72-74H,6-8,12,15-16,21-24,34,40-42,71H2,1-5H3/t59-,60?,62+,66?/m0/s1. The molecule has 1 aliphatic rings. The number of fused-ring (bicyclic) bond motifs is 1. The first kappa shape index (κ1) is 60.3. The van der Waals surface area contributed by atoms with Crippen LogP contribution in [-0.4, -0.2) is 78.5 Å². The second kappa shape index (κ2) is 28.3. The third kappa shape index (κ3) is 16.0. The average molecular weight is 1120 g/mol. The van der Waals surface area contributed by atoms with Crippen LogP contribution in [0.3, 0.4) is 0 Å². The number of methoxy groups -OCH3 is 1. The summed E-state index contributed by atoms with van der Waals surface area (Å²) in [5.41, 5.74) is 11.6. The zero-order valence-corrected chi connectivity index (χ0v) is 47.3. The first-order valence-corrected chi connectivity index (χ1v) is 28.3. The Bertz CT molecular complexity index is 3270. The maximum atomic E-state index is 15.2. The fraction of sp³-hybridized carbons (Fsp3) is 0.348. The molecule has 0 aliphatic heterocycles. The number of nitrogens with one attached hydrogen (secondary N) is 3. The van der Waals surface area contributed by atoms with Gasteiger partial charge in [0.15, 0.2) is 5.72 Å². The third-order valence-electron chi connectivity index (χ3n) is 14.9. The van der Waals surface area contributed by atoms with Crippen LogP contribution in [-0.2, 0) is 41.7 Å². The Hall–Kier alpha value is -7.79. The number of esters is 2. The maximum Gasteiger partial charge on any atom is 0.340 e. The highest BCUT2D eigenvalue weighted by molar-refractivity contribution is 5.99. The molecule has 8 rings (SSSR count). The second-order valence-corrected chi connectivity index (χ2v) is 21.3. The molecular formula is C66H74F4N6O6. The van der Waals surface area contributed by atoms with E-state index in [1.807, 2.05) is 79.3 Å². The Morgan fingerprint density at radius 1 is 0.756 bits per heavy atom. The number of halogens is 4. The zero-order valence-electron chi connectivity index (χ0n) is 47.3. The molecule has 0 fully saturated rings.